The average Bonchev–Trinajstić information content (AvgIpc) is 2.18. The van der Waals surface area contributed by atoms with E-state index in [4.69, 9.17) is 14.9 Å². The number of carboxylic acids is 1. The van der Waals surface area contributed by atoms with Gasteiger partial charge in [-0.1, -0.05) is 0 Å². The minimum atomic E-state index is -1.17. The molecule has 0 heterocycles. The van der Waals surface area contributed by atoms with E-state index in [9.17, 15) is 9.18 Å². The number of hydrogen-bond donors (Lipinski definition) is 2. The summed E-state index contributed by atoms with van der Waals surface area (Å²) in [6.45, 7) is 0.0952. The van der Waals surface area contributed by atoms with Crippen LogP contribution in [0.5, 0.6) is 5.75 Å². The highest BCUT2D eigenvalue weighted by atomic mass is 19.1. The van der Waals surface area contributed by atoms with E-state index in [0.29, 0.717) is 6.42 Å². The van der Waals surface area contributed by atoms with Crippen molar-refractivity contribution in [3.63, 3.8) is 0 Å². The lowest BCUT2D eigenvalue weighted by molar-refractivity contribution is 0.0692. The van der Waals surface area contributed by atoms with Gasteiger partial charge in [-0.3, -0.25) is 0 Å². The third kappa shape index (κ3) is 3.21. The van der Waals surface area contributed by atoms with Crippen molar-refractivity contribution in [2.75, 3.05) is 13.2 Å². The molecule has 0 aliphatic rings. The van der Waals surface area contributed by atoms with E-state index in [1.165, 1.54) is 0 Å². The first-order valence-electron chi connectivity index (χ1n) is 4.41. The Morgan fingerprint density at radius 2 is 2.20 bits per heavy atom. The van der Waals surface area contributed by atoms with Crippen LogP contribution in [0.4, 0.5) is 4.39 Å². The summed E-state index contributed by atoms with van der Waals surface area (Å²) < 4.78 is 17.8. The van der Waals surface area contributed by atoms with Crippen molar-refractivity contribution in [2.45, 2.75) is 6.42 Å². The highest BCUT2D eigenvalue weighted by Gasteiger charge is 2.11. The summed E-state index contributed by atoms with van der Waals surface area (Å²) in [6, 6.07) is 3.22. The fourth-order valence-electron chi connectivity index (χ4n) is 1.04. The number of carbonyl (C=O) groups is 1. The number of halogens is 1. The molecule has 0 bridgehead atoms. The van der Waals surface area contributed by atoms with Gasteiger partial charge in [0.25, 0.3) is 0 Å². The molecule has 2 N–H and O–H groups in total. The van der Waals surface area contributed by atoms with Gasteiger partial charge in [0.15, 0.2) is 0 Å². The largest absolute Gasteiger partial charge is 0.492 e. The Labute approximate surface area is 85.9 Å². The second-order valence-corrected chi connectivity index (χ2v) is 2.87. The molecule has 0 unspecified atom stereocenters. The van der Waals surface area contributed by atoms with Crippen LogP contribution < -0.4 is 4.74 Å². The third-order valence-electron chi connectivity index (χ3n) is 1.73. The van der Waals surface area contributed by atoms with E-state index in [2.05, 4.69) is 0 Å². The van der Waals surface area contributed by atoms with Crippen LogP contribution in [0.25, 0.3) is 0 Å². The van der Waals surface area contributed by atoms with Crippen molar-refractivity contribution in [2.24, 2.45) is 0 Å². The summed E-state index contributed by atoms with van der Waals surface area (Å²) in [6.07, 6.45) is 0.371. The van der Waals surface area contributed by atoms with Gasteiger partial charge in [-0.15, -0.1) is 0 Å². The molecule has 82 valence electrons. The average molecular weight is 214 g/mol. The number of ether oxygens (including phenoxy) is 1. The van der Waals surface area contributed by atoms with Crippen LogP contribution in [0.2, 0.25) is 0 Å². The molecular weight excluding hydrogens is 203 g/mol. The van der Waals surface area contributed by atoms with Gasteiger partial charge in [-0.2, -0.15) is 0 Å². The Hall–Kier alpha value is -1.62. The minimum absolute atomic E-state index is 0.0176. The standard InChI is InChI=1S/C10H11FO4/c11-7-2-3-8(10(13)14)9(6-7)15-5-1-4-12/h2-3,6,12H,1,4-5H2,(H,13,14). The van der Waals surface area contributed by atoms with E-state index in [1.807, 2.05) is 0 Å². The van der Waals surface area contributed by atoms with E-state index < -0.39 is 11.8 Å². The molecule has 4 nitrogen and oxygen atoms in total. The van der Waals surface area contributed by atoms with Crippen LogP contribution in [0.3, 0.4) is 0 Å². The molecule has 15 heavy (non-hydrogen) atoms. The fourth-order valence-corrected chi connectivity index (χ4v) is 1.04. The van der Waals surface area contributed by atoms with Gasteiger partial charge >= 0.3 is 5.97 Å². The third-order valence-corrected chi connectivity index (χ3v) is 1.73. The zero-order chi connectivity index (χ0) is 11.3. The Bertz CT molecular complexity index is 351. The summed E-state index contributed by atoms with van der Waals surface area (Å²) in [5, 5.41) is 17.3. The number of aromatic carboxylic acids is 1. The molecule has 5 heteroatoms. The zero-order valence-corrected chi connectivity index (χ0v) is 7.94. The summed E-state index contributed by atoms with van der Waals surface area (Å²) in [7, 11) is 0. The Morgan fingerprint density at radius 3 is 2.80 bits per heavy atom. The maximum Gasteiger partial charge on any atom is 0.339 e. The van der Waals surface area contributed by atoms with E-state index in [1.54, 1.807) is 0 Å². The molecule has 0 spiro atoms. The molecule has 1 aromatic carbocycles. The molecule has 1 rings (SSSR count). The molecule has 0 amide bonds. The summed E-state index contributed by atoms with van der Waals surface area (Å²) in [5.74, 6) is -1.75. The van der Waals surface area contributed by atoms with Gasteiger partial charge in [0.1, 0.15) is 17.1 Å². The van der Waals surface area contributed by atoms with Gasteiger partial charge in [-0.05, 0) is 12.1 Å². The highest BCUT2D eigenvalue weighted by Crippen LogP contribution is 2.20. The molecule has 1 aromatic rings. The van der Waals surface area contributed by atoms with Crippen LogP contribution >= 0.6 is 0 Å². The predicted octanol–water partition coefficient (Wildman–Crippen LogP) is 1.29. The SMILES string of the molecule is O=C(O)c1ccc(F)cc1OCCCO. The van der Waals surface area contributed by atoms with Gasteiger partial charge < -0.3 is 14.9 Å². The Kier molecular flexibility index (Phi) is 4.05. The van der Waals surface area contributed by atoms with Gasteiger partial charge in [0.05, 0.1) is 6.61 Å². The smallest absolute Gasteiger partial charge is 0.339 e. The first-order chi connectivity index (χ1) is 7.15. The highest BCUT2D eigenvalue weighted by molar-refractivity contribution is 5.90. The monoisotopic (exact) mass is 214 g/mol. The molecule has 0 aromatic heterocycles. The molecule has 0 atom stereocenters. The van der Waals surface area contributed by atoms with E-state index in [0.717, 1.165) is 18.2 Å². The van der Waals surface area contributed by atoms with Crippen LogP contribution in [0.15, 0.2) is 18.2 Å². The lowest BCUT2D eigenvalue weighted by Gasteiger charge is -2.08. The lowest BCUT2D eigenvalue weighted by Crippen LogP contribution is -2.05. The number of carboxylic acid groups (broad SMARTS) is 1. The molecule has 0 aliphatic heterocycles. The van der Waals surface area contributed by atoms with Crippen molar-refractivity contribution >= 4 is 5.97 Å². The van der Waals surface area contributed by atoms with E-state index >= 15 is 0 Å². The summed E-state index contributed by atoms with van der Waals surface area (Å²) in [5.41, 5.74) is -0.0886. The second kappa shape index (κ2) is 5.31. The molecule has 0 saturated heterocycles. The second-order valence-electron chi connectivity index (χ2n) is 2.87. The zero-order valence-electron chi connectivity index (χ0n) is 7.94. The summed E-state index contributed by atoms with van der Waals surface area (Å²) in [4.78, 5) is 10.7. The van der Waals surface area contributed by atoms with Crippen LogP contribution in [0, 0.1) is 5.82 Å². The first kappa shape index (κ1) is 11.5. The fraction of sp³-hybridized carbons (Fsp3) is 0.300. The minimum Gasteiger partial charge on any atom is -0.492 e. The van der Waals surface area contributed by atoms with Gasteiger partial charge in [0.2, 0.25) is 0 Å². The maximum atomic E-state index is 12.8. The topological polar surface area (TPSA) is 66.8 Å². The molecule has 0 saturated carbocycles. The van der Waals surface area contributed by atoms with Crippen molar-refractivity contribution < 1.29 is 24.1 Å². The molecule has 0 radical (unpaired) electrons. The Balaban J connectivity index is 2.82. The number of rotatable bonds is 5. The van der Waals surface area contributed by atoms with Crippen molar-refractivity contribution in [1.82, 2.24) is 0 Å². The number of aliphatic hydroxyl groups is 1. The lowest BCUT2D eigenvalue weighted by atomic mass is 10.2. The molecular formula is C10H11FO4. The Morgan fingerprint density at radius 1 is 1.47 bits per heavy atom. The number of aliphatic hydroxyl groups excluding tert-OH is 1. The van der Waals surface area contributed by atoms with Crippen LogP contribution in [-0.4, -0.2) is 29.4 Å². The summed E-state index contributed by atoms with van der Waals surface area (Å²) >= 11 is 0. The maximum absolute atomic E-state index is 12.8. The van der Waals surface area contributed by atoms with Crippen molar-refractivity contribution in [3.05, 3.63) is 29.6 Å². The molecule has 0 aliphatic carbocycles. The normalized spacial score (nSPS) is 10.0. The van der Waals surface area contributed by atoms with Gasteiger partial charge in [-0.25, -0.2) is 9.18 Å². The first-order valence-corrected chi connectivity index (χ1v) is 4.41. The predicted molar refractivity (Wildman–Crippen MR) is 50.6 cm³/mol. The van der Waals surface area contributed by atoms with E-state index in [-0.39, 0.29) is 24.5 Å². The number of benzene rings is 1. The number of hydrogen-bond acceptors (Lipinski definition) is 3. The van der Waals surface area contributed by atoms with Gasteiger partial charge in [0, 0.05) is 19.1 Å². The van der Waals surface area contributed by atoms with Crippen molar-refractivity contribution in [3.8, 4) is 5.75 Å². The quantitative estimate of drug-likeness (QED) is 0.724. The van der Waals surface area contributed by atoms with Crippen LogP contribution in [0.1, 0.15) is 16.8 Å². The van der Waals surface area contributed by atoms with Crippen LogP contribution in [-0.2, 0) is 0 Å². The van der Waals surface area contributed by atoms with Crippen molar-refractivity contribution in [1.29, 1.82) is 0 Å². The molecule has 0 fully saturated rings.